The van der Waals surface area contributed by atoms with E-state index in [1.807, 2.05) is 6.07 Å². The monoisotopic (exact) mass is 308 g/mol. The van der Waals surface area contributed by atoms with Crippen molar-refractivity contribution in [1.82, 2.24) is 9.29 Å². The second-order valence-electron chi connectivity index (χ2n) is 4.60. The molecule has 6 nitrogen and oxygen atoms in total. The molecule has 7 heteroatoms. The lowest BCUT2D eigenvalue weighted by Crippen LogP contribution is -2.32. The van der Waals surface area contributed by atoms with Crippen LogP contribution in [0.3, 0.4) is 0 Å². The van der Waals surface area contributed by atoms with Gasteiger partial charge in [0.2, 0.25) is 10.0 Å². The van der Waals surface area contributed by atoms with Gasteiger partial charge in [-0.1, -0.05) is 30.3 Å². The van der Waals surface area contributed by atoms with Crippen LogP contribution in [-0.4, -0.2) is 25.1 Å². The van der Waals surface area contributed by atoms with E-state index in [4.69, 9.17) is 0 Å². The van der Waals surface area contributed by atoms with E-state index in [-0.39, 0.29) is 22.9 Å². The second kappa shape index (κ2) is 5.71. The first-order chi connectivity index (χ1) is 9.86. The molecule has 0 atom stereocenters. The van der Waals surface area contributed by atoms with Crippen LogP contribution >= 0.6 is 0 Å². The molecule has 21 heavy (non-hydrogen) atoms. The van der Waals surface area contributed by atoms with Gasteiger partial charge in [-0.3, -0.25) is 9.36 Å². The van der Waals surface area contributed by atoms with Crippen LogP contribution in [0.2, 0.25) is 0 Å². The first-order valence-corrected chi connectivity index (χ1v) is 7.76. The maximum absolute atomic E-state index is 12.4. The summed E-state index contributed by atoms with van der Waals surface area (Å²) in [6.45, 7) is 1.57. The lowest BCUT2D eigenvalue weighted by atomic mass is 10.2. The quantitative estimate of drug-likeness (QED) is 0.875. The fourth-order valence-electron chi connectivity index (χ4n) is 2.08. The first-order valence-electron chi connectivity index (χ1n) is 6.27. The summed E-state index contributed by atoms with van der Waals surface area (Å²) in [4.78, 5) is 12.1. The maximum Gasteiger partial charge on any atom is 0.274 e. The van der Waals surface area contributed by atoms with Crippen molar-refractivity contribution in [2.24, 2.45) is 0 Å². The number of pyridine rings is 1. The smallest absolute Gasteiger partial charge is 0.274 e. The molecule has 0 aliphatic carbocycles. The lowest BCUT2D eigenvalue weighted by Gasteiger charge is -2.13. The summed E-state index contributed by atoms with van der Waals surface area (Å²) in [6.07, 6.45) is 0. The number of nitrogens with zero attached hydrogens (tertiary/aromatic N) is 1. The fraction of sp³-hybridized carbons (Fsp3) is 0.214. The molecule has 0 radical (unpaired) electrons. The van der Waals surface area contributed by atoms with Gasteiger partial charge in [0.05, 0.1) is 6.54 Å². The molecule has 0 fully saturated rings. The molecular formula is C14H16N2O4S. The predicted octanol–water partition coefficient (Wildman–Crippen LogP) is 0.819. The van der Waals surface area contributed by atoms with E-state index in [1.54, 1.807) is 24.3 Å². The van der Waals surface area contributed by atoms with E-state index in [9.17, 15) is 18.3 Å². The van der Waals surface area contributed by atoms with Gasteiger partial charge < -0.3 is 5.11 Å². The van der Waals surface area contributed by atoms with E-state index < -0.39 is 15.6 Å². The van der Waals surface area contributed by atoms with Gasteiger partial charge in [0, 0.05) is 6.07 Å². The number of nitrogens with one attached hydrogen (secondary N) is 1. The first kappa shape index (κ1) is 15.3. The van der Waals surface area contributed by atoms with Gasteiger partial charge >= 0.3 is 0 Å². The summed E-state index contributed by atoms with van der Waals surface area (Å²) in [5, 5.41) is 9.94. The van der Waals surface area contributed by atoms with Crippen LogP contribution in [0.15, 0.2) is 46.1 Å². The van der Waals surface area contributed by atoms with Crippen molar-refractivity contribution in [2.45, 2.75) is 18.4 Å². The van der Waals surface area contributed by atoms with Gasteiger partial charge in [0.1, 0.15) is 0 Å². The third-order valence-corrected chi connectivity index (χ3v) is 4.71. The van der Waals surface area contributed by atoms with Crippen molar-refractivity contribution in [3.05, 3.63) is 57.9 Å². The minimum absolute atomic E-state index is 0.0953. The summed E-state index contributed by atoms with van der Waals surface area (Å²) in [5.74, 6) is -0.267. The van der Waals surface area contributed by atoms with Crippen molar-refractivity contribution >= 4 is 10.0 Å². The molecule has 0 aliphatic rings. The van der Waals surface area contributed by atoms with E-state index in [2.05, 4.69) is 4.72 Å². The molecule has 0 unspecified atom stereocenters. The van der Waals surface area contributed by atoms with E-state index in [1.165, 1.54) is 20.0 Å². The Morgan fingerprint density at radius 3 is 2.43 bits per heavy atom. The molecule has 0 bridgehead atoms. The van der Waals surface area contributed by atoms with Crippen molar-refractivity contribution in [3.63, 3.8) is 0 Å². The Kier molecular flexibility index (Phi) is 4.15. The summed E-state index contributed by atoms with van der Waals surface area (Å²) in [6, 6.07) is 10.3. The summed E-state index contributed by atoms with van der Waals surface area (Å²) < 4.78 is 27.1. The van der Waals surface area contributed by atoms with Gasteiger partial charge in [0.15, 0.2) is 10.8 Å². The third kappa shape index (κ3) is 2.98. The van der Waals surface area contributed by atoms with Crippen LogP contribution in [0.25, 0.3) is 0 Å². The van der Waals surface area contributed by atoms with Crippen LogP contribution in [0, 0.1) is 6.92 Å². The zero-order valence-electron chi connectivity index (χ0n) is 11.7. The SMILES string of the molecule is CNS(=O)(=O)c1c(C)cc(O)n(Cc2ccccc2)c1=O. The topological polar surface area (TPSA) is 88.4 Å². The molecule has 0 saturated carbocycles. The molecule has 0 aliphatic heterocycles. The van der Waals surface area contributed by atoms with Crippen molar-refractivity contribution < 1.29 is 13.5 Å². The van der Waals surface area contributed by atoms with Crippen molar-refractivity contribution in [2.75, 3.05) is 7.05 Å². The second-order valence-corrected chi connectivity index (χ2v) is 6.42. The molecule has 0 amide bonds. The summed E-state index contributed by atoms with van der Waals surface area (Å²) >= 11 is 0. The van der Waals surface area contributed by atoms with Crippen molar-refractivity contribution in [1.29, 1.82) is 0 Å². The zero-order chi connectivity index (χ0) is 15.6. The minimum Gasteiger partial charge on any atom is -0.494 e. The maximum atomic E-state index is 12.4. The number of aryl methyl sites for hydroxylation is 1. The molecule has 2 N–H and O–H groups in total. The Morgan fingerprint density at radius 2 is 1.86 bits per heavy atom. The Bertz CT molecular complexity index is 811. The fourth-order valence-corrected chi connectivity index (χ4v) is 3.11. The van der Waals surface area contributed by atoms with Crippen LogP contribution in [-0.2, 0) is 16.6 Å². The van der Waals surface area contributed by atoms with Crippen molar-refractivity contribution in [3.8, 4) is 5.88 Å². The predicted molar refractivity (Wildman–Crippen MR) is 78.9 cm³/mol. The zero-order valence-corrected chi connectivity index (χ0v) is 12.5. The third-order valence-electron chi connectivity index (χ3n) is 3.14. The van der Waals surface area contributed by atoms with Gasteiger partial charge in [0.25, 0.3) is 5.56 Å². The number of sulfonamides is 1. The van der Waals surface area contributed by atoms with Crippen LogP contribution in [0.5, 0.6) is 5.88 Å². The highest BCUT2D eigenvalue weighted by molar-refractivity contribution is 7.89. The number of hydrogen-bond acceptors (Lipinski definition) is 4. The molecule has 1 aromatic carbocycles. The van der Waals surface area contributed by atoms with Crippen LogP contribution < -0.4 is 10.3 Å². The number of benzene rings is 1. The number of aromatic hydroxyl groups is 1. The minimum atomic E-state index is -3.89. The van der Waals surface area contributed by atoms with E-state index in [0.29, 0.717) is 0 Å². The van der Waals surface area contributed by atoms with Gasteiger partial charge in [-0.05, 0) is 25.1 Å². The normalized spacial score (nSPS) is 11.5. The molecule has 1 heterocycles. The number of hydrogen-bond donors (Lipinski definition) is 2. The molecule has 1 aromatic heterocycles. The van der Waals surface area contributed by atoms with E-state index >= 15 is 0 Å². The average Bonchev–Trinajstić information content (AvgIpc) is 2.44. The van der Waals surface area contributed by atoms with Gasteiger partial charge in [-0.25, -0.2) is 13.1 Å². The Labute approximate surface area is 122 Å². The molecular weight excluding hydrogens is 292 g/mol. The Balaban J connectivity index is 2.63. The molecule has 0 saturated heterocycles. The van der Waals surface area contributed by atoms with E-state index in [0.717, 1.165) is 10.1 Å². The average molecular weight is 308 g/mol. The van der Waals surface area contributed by atoms with Gasteiger partial charge in [-0.15, -0.1) is 0 Å². The number of aromatic nitrogens is 1. The highest BCUT2D eigenvalue weighted by atomic mass is 32.2. The highest BCUT2D eigenvalue weighted by Gasteiger charge is 2.22. The molecule has 2 rings (SSSR count). The Morgan fingerprint density at radius 1 is 1.24 bits per heavy atom. The highest BCUT2D eigenvalue weighted by Crippen LogP contribution is 2.17. The van der Waals surface area contributed by atoms with Gasteiger partial charge in [-0.2, -0.15) is 0 Å². The molecule has 2 aromatic rings. The Hall–Kier alpha value is -2.12. The van der Waals surface area contributed by atoms with Crippen LogP contribution in [0.1, 0.15) is 11.1 Å². The van der Waals surface area contributed by atoms with Crippen LogP contribution in [0.4, 0.5) is 0 Å². The summed E-state index contributed by atoms with van der Waals surface area (Å²) in [7, 11) is -2.65. The molecule has 0 spiro atoms. The summed E-state index contributed by atoms with van der Waals surface area (Å²) in [5.41, 5.74) is 0.244. The number of rotatable bonds is 4. The standard InChI is InChI=1S/C14H16N2O4S/c1-10-8-12(17)16(9-11-6-4-3-5-7-11)14(18)13(10)21(19,20)15-2/h3-8,15,17H,9H2,1-2H3. The molecule has 112 valence electrons. The largest absolute Gasteiger partial charge is 0.494 e. The lowest BCUT2D eigenvalue weighted by molar-refractivity contribution is 0.411.